The Morgan fingerprint density at radius 2 is 2.21 bits per heavy atom. The number of hydrogen-bond donors (Lipinski definition) is 2. The smallest absolute Gasteiger partial charge is 0.254 e. The molecule has 8 nitrogen and oxygen atoms in total. The van der Waals surface area contributed by atoms with Crippen LogP contribution in [0.5, 0.6) is 5.75 Å². The molecule has 1 aliphatic heterocycles. The number of ether oxygens (including phenoxy) is 3. The minimum absolute atomic E-state index is 0.0467. The van der Waals surface area contributed by atoms with E-state index >= 15 is 0 Å². The second-order valence-corrected chi connectivity index (χ2v) is 15.2. The van der Waals surface area contributed by atoms with Gasteiger partial charge in [0.15, 0.2) is 12.6 Å². The molecule has 0 radical (unpaired) electrons. The van der Waals surface area contributed by atoms with Gasteiger partial charge in [0, 0.05) is 33.2 Å². The first-order chi connectivity index (χ1) is 15.7. The summed E-state index contributed by atoms with van der Waals surface area (Å²) in [5, 5.41) is 7.77. The number of primary amides is 1. The van der Waals surface area contributed by atoms with Crippen molar-refractivity contribution in [3.05, 3.63) is 35.5 Å². The van der Waals surface area contributed by atoms with Crippen molar-refractivity contribution in [2.24, 2.45) is 11.7 Å². The Morgan fingerprint density at radius 3 is 2.88 bits per heavy atom. The Morgan fingerprint density at radius 1 is 1.42 bits per heavy atom. The maximum absolute atomic E-state index is 12.0. The SMILES string of the molecule is C#Cc1cc(Nc2nn([C@H]3COCC[C@@H]3C)cc2C(N)=O)ccc1OCOCC[Si](C)(C)C. The van der Waals surface area contributed by atoms with Gasteiger partial charge in [0.2, 0.25) is 0 Å². The molecule has 1 amide bonds. The number of anilines is 2. The second-order valence-electron chi connectivity index (χ2n) is 9.61. The van der Waals surface area contributed by atoms with Gasteiger partial charge < -0.3 is 25.3 Å². The average Bonchev–Trinajstić information content (AvgIpc) is 3.17. The molecule has 1 aromatic heterocycles. The summed E-state index contributed by atoms with van der Waals surface area (Å²) in [6.45, 7) is 11.2. The number of aromatic nitrogens is 2. The van der Waals surface area contributed by atoms with Crippen LogP contribution in [-0.4, -0.2) is 50.4 Å². The van der Waals surface area contributed by atoms with Crippen molar-refractivity contribution in [2.45, 2.75) is 45.1 Å². The Kier molecular flexibility index (Phi) is 8.18. The lowest BCUT2D eigenvalue weighted by atomic mass is 9.97. The molecule has 0 spiro atoms. The summed E-state index contributed by atoms with van der Waals surface area (Å²) in [5.74, 6) is 3.41. The van der Waals surface area contributed by atoms with E-state index in [1.165, 1.54) is 0 Å². The van der Waals surface area contributed by atoms with Crippen LogP contribution in [-0.2, 0) is 9.47 Å². The molecule has 0 bridgehead atoms. The van der Waals surface area contributed by atoms with Gasteiger partial charge in [0.1, 0.15) is 11.3 Å². The second kappa shape index (κ2) is 10.9. The number of amides is 1. The number of carbonyl (C=O) groups is 1. The van der Waals surface area contributed by atoms with Crippen molar-refractivity contribution in [2.75, 3.05) is 31.9 Å². The molecule has 2 atom stereocenters. The van der Waals surface area contributed by atoms with Crippen LogP contribution in [0.3, 0.4) is 0 Å². The van der Waals surface area contributed by atoms with Gasteiger partial charge in [-0.2, -0.15) is 5.10 Å². The molecular formula is C24H34N4O4Si. The van der Waals surface area contributed by atoms with E-state index in [0.717, 1.165) is 19.1 Å². The number of nitrogens with zero attached hydrogens (tertiary/aromatic N) is 2. The molecule has 1 aliphatic rings. The molecule has 1 aromatic carbocycles. The summed E-state index contributed by atoms with van der Waals surface area (Å²) in [5.41, 5.74) is 7.17. The molecule has 178 valence electrons. The number of nitrogens with two attached hydrogens (primary N) is 1. The van der Waals surface area contributed by atoms with E-state index in [-0.39, 0.29) is 12.8 Å². The highest BCUT2D eigenvalue weighted by Gasteiger charge is 2.26. The number of nitrogens with one attached hydrogen (secondary N) is 1. The van der Waals surface area contributed by atoms with Crippen molar-refractivity contribution in [1.82, 2.24) is 9.78 Å². The fourth-order valence-electron chi connectivity index (χ4n) is 3.53. The zero-order valence-electron chi connectivity index (χ0n) is 19.9. The highest BCUT2D eigenvalue weighted by atomic mass is 28.3. The average molecular weight is 471 g/mol. The van der Waals surface area contributed by atoms with Crippen LogP contribution in [0.2, 0.25) is 25.7 Å². The van der Waals surface area contributed by atoms with E-state index in [2.05, 4.69) is 42.9 Å². The lowest BCUT2D eigenvalue weighted by molar-refractivity contribution is 0.0219. The van der Waals surface area contributed by atoms with Crippen LogP contribution in [0.15, 0.2) is 24.4 Å². The van der Waals surface area contributed by atoms with Gasteiger partial charge in [-0.05, 0) is 36.6 Å². The number of carbonyl (C=O) groups excluding carboxylic acids is 1. The summed E-state index contributed by atoms with van der Waals surface area (Å²) in [4.78, 5) is 12.0. The maximum Gasteiger partial charge on any atom is 0.254 e. The summed E-state index contributed by atoms with van der Waals surface area (Å²) >= 11 is 0. The van der Waals surface area contributed by atoms with E-state index in [1.807, 2.05) is 6.07 Å². The van der Waals surface area contributed by atoms with Crippen LogP contribution < -0.4 is 15.8 Å². The maximum atomic E-state index is 12.0. The summed E-state index contributed by atoms with van der Waals surface area (Å²) in [6.07, 6.45) is 8.31. The Bertz CT molecular complexity index is 1010. The molecule has 1 fully saturated rings. The normalized spacial score (nSPS) is 18.5. The molecule has 3 rings (SSSR count). The molecule has 33 heavy (non-hydrogen) atoms. The molecule has 0 unspecified atom stereocenters. The fourth-order valence-corrected chi connectivity index (χ4v) is 4.28. The van der Waals surface area contributed by atoms with Crippen molar-refractivity contribution in [3.8, 4) is 18.1 Å². The number of rotatable bonds is 10. The molecular weight excluding hydrogens is 436 g/mol. The van der Waals surface area contributed by atoms with E-state index in [1.54, 1.807) is 23.0 Å². The third-order valence-corrected chi connectivity index (χ3v) is 7.40. The minimum atomic E-state index is -1.14. The lowest BCUT2D eigenvalue weighted by Crippen LogP contribution is -2.28. The van der Waals surface area contributed by atoms with Gasteiger partial charge in [-0.15, -0.1) is 6.42 Å². The molecule has 0 aliphatic carbocycles. The van der Waals surface area contributed by atoms with Crippen molar-refractivity contribution in [3.63, 3.8) is 0 Å². The van der Waals surface area contributed by atoms with Gasteiger partial charge in [0.05, 0.1) is 18.2 Å². The third kappa shape index (κ3) is 6.84. The number of terminal acetylenes is 1. The standard InChI is InChI=1S/C24H34N4O4Si/c1-6-18-13-19(7-8-22(18)32-16-31-11-12-33(3,4)5)26-24-20(23(25)29)14-28(27-24)21-15-30-10-9-17(21)2/h1,7-8,13-14,17,21H,9-12,15-16H2,2-5H3,(H2,25,29)(H,26,27)/t17-,21-/m0/s1. The van der Waals surface area contributed by atoms with Gasteiger partial charge in [-0.1, -0.05) is 32.5 Å². The first-order valence-corrected chi connectivity index (χ1v) is 14.9. The first-order valence-electron chi connectivity index (χ1n) is 11.2. The molecule has 1 saturated heterocycles. The predicted octanol–water partition coefficient (Wildman–Crippen LogP) is 4.00. The van der Waals surface area contributed by atoms with Crippen LogP contribution in [0.25, 0.3) is 0 Å². The molecule has 2 aromatic rings. The van der Waals surface area contributed by atoms with E-state index in [4.69, 9.17) is 26.4 Å². The number of benzene rings is 1. The van der Waals surface area contributed by atoms with Crippen LogP contribution in [0.4, 0.5) is 11.5 Å². The summed E-state index contributed by atoms with van der Waals surface area (Å²) in [7, 11) is -1.14. The Labute approximate surface area is 196 Å². The topological polar surface area (TPSA) is 101 Å². The van der Waals surface area contributed by atoms with Crippen LogP contribution in [0, 0.1) is 18.3 Å². The van der Waals surface area contributed by atoms with Crippen LogP contribution in [0.1, 0.15) is 35.3 Å². The highest BCUT2D eigenvalue weighted by Crippen LogP contribution is 2.30. The third-order valence-electron chi connectivity index (χ3n) is 5.69. The van der Waals surface area contributed by atoms with Crippen molar-refractivity contribution >= 4 is 25.5 Å². The van der Waals surface area contributed by atoms with E-state index < -0.39 is 14.0 Å². The van der Waals surface area contributed by atoms with Crippen molar-refractivity contribution in [1.29, 1.82) is 0 Å². The monoisotopic (exact) mass is 470 g/mol. The predicted molar refractivity (Wildman–Crippen MR) is 132 cm³/mol. The first kappa shape index (κ1) is 24.8. The van der Waals surface area contributed by atoms with Gasteiger partial charge >= 0.3 is 0 Å². The van der Waals surface area contributed by atoms with Crippen molar-refractivity contribution < 1.29 is 19.0 Å². The quantitative estimate of drug-likeness (QED) is 0.236. The van der Waals surface area contributed by atoms with Crippen LogP contribution >= 0.6 is 0 Å². The Balaban J connectivity index is 1.70. The zero-order chi connectivity index (χ0) is 24.0. The largest absolute Gasteiger partial charge is 0.466 e. The van der Waals surface area contributed by atoms with Gasteiger partial charge in [-0.25, -0.2) is 0 Å². The van der Waals surface area contributed by atoms with E-state index in [0.29, 0.717) is 47.5 Å². The number of hydrogen-bond acceptors (Lipinski definition) is 6. The molecule has 0 saturated carbocycles. The van der Waals surface area contributed by atoms with Gasteiger partial charge in [0.25, 0.3) is 5.91 Å². The van der Waals surface area contributed by atoms with E-state index in [9.17, 15) is 4.79 Å². The molecule has 2 heterocycles. The summed E-state index contributed by atoms with van der Waals surface area (Å²) in [6, 6.07) is 6.48. The zero-order valence-corrected chi connectivity index (χ0v) is 20.9. The highest BCUT2D eigenvalue weighted by molar-refractivity contribution is 6.76. The lowest BCUT2D eigenvalue weighted by Gasteiger charge is -2.28. The van der Waals surface area contributed by atoms with Gasteiger partial charge in [-0.3, -0.25) is 9.48 Å². The minimum Gasteiger partial charge on any atom is -0.466 e. The summed E-state index contributed by atoms with van der Waals surface area (Å²) < 4.78 is 18.7. The molecule has 3 N–H and O–H groups in total. The molecule has 9 heteroatoms. The Hall–Kier alpha value is -2.80. The fraction of sp³-hybridized carbons (Fsp3) is 0.500.